The molecule has 0 saturated carbocycles. The van der Waals surface area contributed by atoms with Crippen LogP contribution in [-0.2, 0) is 9.16 Å². The number of hydrogen-bond donors (Lipinski definition) is 1. The first-order chi connectivity index (χ1) is 18.4. The standard InChI is InChI=1S/C29H38ClFN4O3Si/c1-29(2,3)39(4,5)38-17-12-26(21-6-7-23(30)24(31)18-21)35-14-9-20(19-27(35)36)25-8-13-32-28(34-25)33-22-10-15-37-16-11-22/h6-9,13-14,18-19,22,26H,10-12,15-17H2,1-5H3,(H,32,33,34)/t26-/m1/s1. The minimum atomic E-state index is -1.99. The molecule has 0 bridgehead atoms. The lowest BCUT2D eigenvalue weighted by atomic mass is 10.0. The molecule has 10 heteroatoms. The second-order valence-electron chi connectivity index (χ2n) is 11.5. The Labute approximate surface area is 235 Å². The molecule has 1 fully saturated rings. The Morgan fingerprint density at radius 2 is 1.95 bits per heavy atom. The summed E-state index contributed by atoms with van der Waals surface area (Å²) in [6, 6.07) is 9.74. The van der Waals surface area contributed by atoms with Crippen molar-refractivity contribution in [3.8, 4) is 11.3 Å². The molecular formula is C29H38ClFN4O3Si. The number of aromatic nitrogens is 3. The number of pyridine rings is 1. The predicted octanol–water partition coefficient (Wildman–Crippen LogP) is 6.69. The molecule has 210 valence electrons. The van der Waals surface area contributed by atoms with Crippen molar-refractivity contribution >= 4 is 25.9 Å². The van der Waals surface area contributed by atoms with E-state index in [1.807, 2.05) is 6.07 Å². The van der Waals surface area contributed by atoms with Gasteiger partial charge in [-0.1, -0.05) is 38.4 Å². The number of hydrogen-bond acceptors (Lipinski definition) is 6. The largest absolute Gasteiger partial charge is 0.417 e. The highest BCUT2D eigenvalue weighted by atomic mass is 35.5. The second-order valence-corrected chi connectivity index (χ2v) is 16.8. The minimum Gasteiger partial charge on any atom is -0.417 e. The average molecular weight is 573 g/mol. The van der Waals surface area contributed by atoms with Gasteiger partial charge in [-0.3, -0.25) is 4.79 Å². The quantitative estimate of drug-likeness (QED) is 0.288. The molecule has 4 rings (SSSR count). The van der Waals surface area contributed by atoms with Crippen molar-refractivity contribution in [2.45, 2.75) is 70.2 Å². The molecule has 1 aliphatic heterocycles. The summed E-state index contributed by atoms with van der Waals surface area (Å²) in [5, 5.41) is 3.48. The Kier molecular flexibility index (Phi) is 9.26. The number of nitrogens with zero attached hydrogens (tertiary/aromatic N) is 3. The molecule has 0 spiro atoms. The fourth-order valence-electron chi connectivity index (χ4n) is 4.35. The van der Waals surface area contributed by atoms with Crippen molar-refractivity contribution in [1.29, 1.82) is 0 Å². The van der Waals surface area contributed by atoms with E-state index < -0.39 is 20.2 Å². The second kappa shape index (κ2) is 12.3. The molecule has 3 aromatic rings. The monoisotopic (exact) mass is 572 g/mol. The highest BCUT2D eigenvalue weighted by Crippen LogP contribution is 2.37. The SMILES string of the molecule is CC(C)(C)[Si](C)(C)OCC[C@H](c1ccc(Cl)c(F)c1)n1ccc(-c2ccnc(NC3CCOCC3)n2)cc1=O. The Balaban J connectivity index is 1.59. The van der Waals surface area contributed by atoms with Gasteiger partial charge < -0.3 is 19.0 Å². The molecule has 0 aliphatic carbocycles. The number of benzene rings is 1. The highest BCUT2D eigenvalue weighted by molar-refractivity contribution is 6.74. The van der Waals surface area contributed by atoms with E-state index in [0.717, 1.165) is 26.1 Å². The topological polar surface area (TPSA) is 78.3 Å². The zero-order chi connectivity index (χ0) is 28.2. The van der Waals surface area contributed by atoms with Gasteiger partial charge in [0.2, 0.25) is 5.95 Å². The zero-order valence-corrected chi connectivity index (χ0v) is 25.1. The lowest BCUT2D eigenvalue weighted by molar-refractivity contribution is 0.0903. The van der Waals surface area contributed by atoms with Crippen LogP contribution in [0.3, 0.4) is 0 Å². The molecule has 1 aromatic carbocycles. The summed E-state index contributed by atoms with van der Waals surface area (Å²) < 4.78 is 27.9. The highest BCUT2D eigenvalue weighted by Gasteiger charge is 2.37. The van der Waals surface area contributed by atoms with Gasteiger partial charge in [-0.15, -0.1) is 0 Å². The zero-order valence-electron chi connectivity index (χ0n) is 23.3. The lowest BCUT2D eigenvalue weighted by Gasteiger charge is -2.36. The van der Waals surface area contributed by atoms with Crippen molar-refractivity contribution in [3.63, 3.8) is 0 Å². The number of rotatable bonds is 9. The molecule has 39 heavy (non-hydrogen) atoms. The third-order valence-corrected chi connectivity index (χ3v) is 12.6. The molecule has 1 N–H and O–H groups in total. The maximum atomic E-state index is 14.4. The Bertz CT molecular complexity index is 1340. The molecular weight excluding hydrogens is 535 g/mol. The number of halogens is 2. The predicted molar refractivity (Wildman–Crippen MR) is 157 cm³/mol. The van der Waals surface area contributed by atoms with Gasteiger partial charge in [-0.25, -0.2) is 14.4 Å². The number of ether oxygens (including phenoxy) is 1. The Morgan fingerprint density at radius 1 is 1.21 bits per heavy atom. The van der Waals surface area contributed by atoms with Crippen LogP contribution < -0.4 is 10.9 Å². The third kappa shape index (κ3) is 7.33. The molecule has 0 amide bonds. The van der Waals surface area contributed by atoms with Crippen LogP contribution >= 0.6 is 11.6 Å². The normalized spacial score (nSPS) is 15.8. The molecule has 0 radical (unpaired) electrons. The summed E-state index contributed by atoms with van der Waals surface area (Å²) in [6.07, 6.45) is 5.74. The maximum Gasteiger partial charge on any atom is 0.251 e. The van der Waals surface area contributed by atoms with Crippen LogP contribution in [0.1, 0.15) is 51.6 Å². The minimum absolute atomic E-state index is 0.0478. The molecule has 1 atom stereocenters. The molecule has 1 saturated heterocycles. The van der Waals surface area contributed by atoms with Crippen LogP contribution in [0, 0.1) is 5.82 Å². The van der Waals surface area contributed by atoms with Crippen molar-refractivity contribution in [3.05, 3.63) is 75.5 Å². The van der Waals surface area contributed by atoms with Crippen LogP contribution in [0.5, 0.6) is 0 Å². The summed E-state index contributed by atoms with van der Waals surface area (Å²) in [6.45, 7) is 12.8. The summed E-state index contributed by atoms with van der Waals surface area (Å²) in [4.78, 5) is 22.4. The summed E-state index contributed by atoms with van der Waals surface area (Å²) in [5.74, 6) is 0.0144. The molecule has 7 nitrogen and oxygen atoms in total. The fourth-order valence-corrected chi connectivity index (χ4v) is 5.53. The Morgan fingerprint density at radius 3 is 2.62 bits per heavy atom. The molecule has 2 aromatic heterocycles. The summed E-state index contributed by atoms with van der Waals surface area (Å²) in [7, 11) is -1.99. The van der Waals surface area contributed by atoms with E-state index in [2.05, 4.69) is 49.1 Å². The van der Waals surface area contributed by atoms with Gasteiger partial charge in [0.1, 0.15) is 5.82 Å². The van der Waals surface area contributed by atoms with Gasteiger partial charge >= 0.3 is 0 Å². The van der Waals surface area contributed by atoms with E-state index >= 15 is 0 Å². The molecule has 3 heterocycles. The lowest BCUT2D eigenvalue weighted by Crippen LogP contribution is -2.41. The molecule has 0 unspecified atom stereocenters. The van der Waals surface area contributed by atoms with Crippen molar-refractivity contribution in [2.75, 3.05) is 25.1 Å². The van der Waals surface area contributed by atoms with Crippen LogP contribution in [-0.4, -0.2) is 48.7 Å². The smallest absolute Gasteiger partial charge is 0.251 e. The molecule has 1 aliphatic rings. The van der Waals surface area contributed by atoms with Gasteiger partial charge in [0, 0.05) is 49.9 Å². The van der Waals surface area contributed by atoms with Gasteiger partial charge in [-0.05, 0) is 67.2 Å². The van der Waals surface area contributed by atoms with Gasteiger partial charge in [-0.2, -0.15) is 0 Å². The number of anilines is 1. The first kappa shape index (κ1) is 29.4. The van der Waals surface area contributed by atoms with E-state index in [4.69, 9.17) is 20.8 Å². The summed E-state index contributed by atoms with van der Waals surface area (Å²) >= 11 is 5.95. The van der Waals surface area contributed by atoms with Gasteiger partial charge in [0.25, 0.3) is 5.56 Å². The summed E-state index contributed by atoms with van der Waals surface area (Å²) in [5.41, 5.74) is 1.79. The fraction of sp³-hybridized carbons (Fsp3) is 0.483. The van der Waals surface area contributed by atoms with E-state index in [1.165, 1.54) is 12.1 Å². The third-order valence-electron chi connectivity index (χ3n) is 7.78. The van der Waals surface area contributed by atoms with Crippen LogP contribution in [0.25, 0.3) is 11.3 Å². The number of nitrogens with one attached hydrogen (secondary N) is 1. The van der Waals surface area contributed by atoms with E-state index in [-0.39, 0.29) is 21.7 Å². The van der Waals surface area contributed by atoms with Gasteiger partial charge in [0.15, 0.2) is 8.32 Å². The van der Waals surface area contributed by atoms with E-state index in [1.54, 1.807) is 35.2 Å². The van der Waals surface area contributed by atoms with E-state index in [0.29, 0.717) is 35.8 Å². The first-order valence-electron chi connectivity index (χ1n) is 13.4. The van der Waals surface area contributed by atoms with Crippen LogP contribution in [0.15, 0.2) is 53.6 Å². The van der Waals surface area contributed by atoms with E-state index in [9.17, 15) is 9.18 Å². The van der Waals surface area contributed by atoms with Crippen molar-refractivity contribution < 1.29 is 13.6 Å². The Hall–Kier alpha value is -2.59. The maximum absolute atomic E-state index is 14.4. The van der Waals surface area contributed by atoms with Crippen LogP contribution in [0.4, 0.5) is 10.3 Å². The van der Waals surface area contributed by atoms with Crippen molar-refractivity contribution in [2.24, 2.45) is 0 Å². The van der Waals surface area contributed by atoms with Crippen LogP contribution in [0.2, 0.25) is 23.2 Å². The van der Waals surface area contributed by atoms with Gasteiger partial charge in [0.05, 0.1) is 16.8 Å². The van der Waals surface area contributed by atoms with Crippen molar-refractivity contribution in [1.82, 2.24) is 14.5 Å². The first-order valence-corrected chi connectivity index (χ1v) is 16.7. The average Bonchev–Trinajstić information content (AvgIpc) is 2.89.